The van der Waals surface area contributed by atoms with Crippen molar-refractivity contribution >= 4 is 5.91 Å². The zero-order valence-electron chi connectivity index (χ0n) is 14.6. The van der Waals surface area contributed by atoms with Crippen LogP contribution in [0.25, 0.3) is 5.69 Å². The fourth-order valence-electron chi connectivity index (χ4n) is 3.75. The van der Waals surface area contributed by atoms with Gasteiger partial charge in [-0.1, -0.05) is 17.3 Å². The number of carbonyl (C=O) groups excluding carboxylic acids is 1. The molecule has 132 valence electrons. The fraction of sp³-hybridized carbons (Fsp3) is 0.526. The predicted octanol–water partition coefficient (Wildman–Crippen LogP) is 2.32. The maximum absolute atomic E-state index is 12.9. The van der Waals surface area contributed by atoms with E-state index in [2.05, 4.69) is 27.5 Å². The molecule has 1 aliphatic heterocycles. The molecule has 0 radical (unpaired) electrons. The van der Waals surface area contributed by atoms with Crippen LogP contribution >= 0.6 is 0 Å². The van der Waals surface area contributed by atoms with Gasteiger partial charge in [-0.25, -0.2) is 4.68 Å². The van der Waals surface area contributed by atoms with E-state index in [0.717, 1.165) is 24.3 Å². The third kappa shape index (κ3) is 3.58. The summed E-state index contributed by atoms with van der Waals surface area (Å²) in [6.07, 6.45) is 8.29. The smallest absolute Gasteiger partial charge is 0.238 e. The van der Waals surface area contributed by atoms with Gasteiger partial charge in [-0.15, -0.1) is 5.10 Å². The minimum Gasteiger partial charge on any atom is -0.348 e. The molecular formula is C19H25N5O. The number of likely N-dealkylation sites (tertiary alicyclic amines) is 1. The Kier molecular flexibility index (Phi) is 4.53. The molecule has 2 aliphatic rings. The number of nitrogens with zero attached hydrogens (tertiary/aromatic N) is 4. The Bertz CT molecular complexity index is 702. The molecule has 0 bridgehead atoms. The third-order valence-electron chi connectivity index (χ3n) is 5.31. The quantitative estimate of drug-likeness (QED) is 0.877. The molecule has 1 aromatic carbocycles. The summed E-state index contributed by atoms with van der Waals surface area (Å²) in [6.45, 7) is 4.18. The maximum Gasteiger partial charge on any atom is 0.238 e. The normalized spacial score (nSPS) is 20.4. The molecule has 4 rings (SSSR count). The Balaban J connectivity index is 1.42. The number of benzene rings is 1. The summed E-state index contributed by atoms with van der Waals surface area (Å²) < 4.78 is 1.73. The first-order valence-electron chi connectivity index (χ1n) is 9.23. The summed E-state index contributed by atoms with van der Waals surface area (Å²) in [4.78, 5) is 15.3. The number of rotatable bonds is 6. The van der Waals surface area contributed by atoms with Crippen LogP contribution < -0.4 is 5.32 Å². The Morgan fingerprint density at radius 2 is 1.92 bits per heavy atom. The van der Waals surface area contributed by atoms with E-state index in [-0.39, 0.29) is 18.0 Å². The summed E-state index contributed by atoms with van der Waals surface area (Å²) in [5, 5.41) is 11.1. The number of hydrogen-bond donors (Lipinski definition) is 1. The molecule has 25 heavy (non-hydrogen) atoms. The molecule has 6 nitrogen and oxygen atoms in total. The summed E-state index contributed by atoms with van der Waals surface area (Å²) in [6, 6.07) is 8.17. The van der Waals surface area contributed by atoms with Gasteiger partial charge in [0.2, 0.25) is 5.91 Å². The van der Waals surface area contributed by atoms with Gasteiger partial charge in [0.15, 0.2) is 0 Å². The summed E-state index contributed by atoms with van der Waals surface area (Å²) in [5.41, 5.74) is 2.07. The lowest BCUT2D eigenvalue weighted by Crippen LogP contribution is -2.47. The van der Waals surface area contributed by atoms with Gasteiger partial charge >= 0.3 is 0 Å². The van der Waals surface area contributed by atoms with E-state index in [9.17, 15) is 4.79 Å². The zero-order valence-corrected chi connectivity index (χ0v) is 14.6. The van der Waals surface area contributed by atoms with E-state index in [1.807, 2.05) is 30.5 Å². The summed E-state index contributed by atoms with van der Waals surface area (Å²) in [7, 11) is 0. The van der Waals surface area contributed by atoms with E-state index in [4.69, 9.17) is 0 Å². The van der Waals surface area contributed by atoms with Crippen LogP contribution in [0.4, 0.5) is 0 Å². The Morgan fingerprint density at radius 3 is 2.52 bits per heavy atom. The number of hydrogen-bond acceptors (Lipinski definition) is 4. The van der Waals surface area contributed by atoms with Crippen LogP contribution in [0.5, 0.6) is 0 Å². The van der Waals surface area contributed by atoms with Gasteiger partial charge in [-0.3, -0.25) is 9.69 Å². The van der Waals surface area contributed by atoms with Gasteiger partial charge in [0.05, 0.1) is 30.2 Å². The fourth-order valence-corrected chi connectivity index (χ4v) is 3.75. The average molecular weight is 339 g/mol. The largest absolute Gasteiger partial charge is 0.348 e. The molecule has 0 unspecified atom stereocenters. The first kappa shape index (κ1) is 16.3. The van der Waals surface area contributed by atoms with Crippen LogP contribution in [0.2, 0.25) is 0 Å². The molecule has 1 N–H and O–H groups in total. The van der Waals surface area contributed by atoms with Crippen molar-refractivity contribution in [2.24, 2.45) is 5.92 Å². The SMILES string of the molecule is C[C@H](NC(=O)[C@@H](C1CC1)N1CCCC1)c1ccc(-n2ccnn2)cc1. The third-order valence-corrected chi connectivity index (χ3v) is 5.31. The standard InChI is InChI=1S/C19H25N5O/c1-14(15-6-8-17(9-7-15)24-13-10-20-22-24)21-19(25)18(16-4-5-16)23-11-2-3-12-23/h6-10,13-14,16,18H,2-5,11-12H2,1H3,(H,21,25)/t14-,18+/m0/s1. The van der Waals surface area contributed by atoms with Crippen LogP contribution in [0.3, 0.4) is 0 Å². The van der Waals surface area contributed by atoms with Crippen molar-refractivity contribution in [3.05, 3.63) is 42.2 Å². The van der Waals surface area contributed by atoms with Crippen molar-refractivity contribution in [1.29, 1.82) is 0 Å². The Labute approximate surface area is 148 Å². The highest BCUT2D eigenvalue weighted by Gasteiger charge is 2.41. The van der Waals surface area contributed by atoms with E-state index in [1.165, 1.54) is 25.7 Å². The van der Waals surface area contributed by atoms with Gasteiger partial charge in [-0.2, -0.15) is 0 Å². The molecule has 2 atom stereocenters. The number of aromatic nitrogens is 3. The number of carbonyl (C=O) groups is 1. The second kappa shape index (κ2) is 6.96. The minimum absolute atomic E-state index is 0.00106. The van der Waals surface area contributed by atoms with Crippen LogP contribution in [0.15, 0.2) is 36.7 Å². The Morgan fingerprint density at radius 1 is 1.20 bits per heavy atom. The Hall–Kier alpha value is -2.21. The molecule has 2 aromatic rings. The lowest BCUT2D eigenvalue weighted by molar-refractivity contribution is -0.127. The lowest BCUT2D eigenvalue weighted by Gasteiger charge is -2.28. The highest BCUT2D eigenvalue weighted by molar-refractivity contribution is 5.83. The van der Waals surface area contributed by atoms with Crippen molar-refractivity contribution in [2.45, 2.75) is 44.7 Å². The number of amides is 1. The molecule has 1 saturated carbocycles. The molecule has 6 heteroatoms. The van der Waals surface area contributed by atoms with Crippen molar-refractivity contribution in [3.8, 4) is 5.69 Å². The minimum atomic E-state index is 0.00106. The van der Waals surface area contributed by atoms with Crippen molar-refractivity contribution < 1.29 is 4.79 Å². The second-order valence-corrected chi connectivity index (χ2v) is 7.19. The molecular weight excluding hydrogens is 314 g/mol. The zero-order chi connectivity index (χ0) is 17.2. The van der Waals surface area contributed by atoms with Gasteiger partial charge in [0, 0.05) is 0 Å². The van der Waals surface area contributed by atoms with E-state index < -0.39 is 0 Å². The van der Waals surface area contributed by atoms with Crippen LogP contribution in [0.1, 0.15) is 44.2 Å². The van der Waals surface area contributed by atoms with Gasteiger partial charge in [0.1, 0.15) is 0 Å². The molecule has 1 amide bonds. The van der Waals surface area contributed by atoms with Crippen LogP contribution in [-0.4, -0.2) is 44.9 Å². The topological polar surface area (TPSA) is 63.1 Å². The molecule has 0 spiro atoms. The van der Waals surface area contributed by atoms with Gasteiger partial charge in [0.25, 0.3) is 0 Å². The van der Waals surface area contributed by atoms with Gasteiger partial charge in [-0.05, 0) is 69.3 Å². The van der Waals surface area contributed by atoms with E-state index in [1.54, 1.807) is 10.9 Å². The van der Waals surface area contributed by atoms with Crippen LogP contribution in [-0.2, 0) is 4.79 Å². The average Bonchev–Trinajstić information content (AvgIpc) is 3.09. The molecule has 1 aliphatic carbocycles. The second-order valence-electron chi connectivity index (χ2n) is 7.19. The predicted molar refractivity (Wildman–Crippen MR) is 95.2 cm³/mol. The van der Waals surface area contributed by atoms with Gasteiger partial charge < -0.3 is 5.32 Å². The van der Waals surface area contributed by atoms with E-state index in [0.29, 0.717) is 5.92 Å². The molecule has 1 saturated heterocycles. The first-order chi connectivity index (χ1) is 12.2. The maximum atomic E-state index is 12.9. The highest BCUT2D eigenvalue weighted by atomic mass is 16.2. The highest BCUT2D eigenvalue weighted by Crippen LogP contribution is 2.37. The molecule has 2 heterocycles. The van der Waals surface area contributed by atoms with Crippen LogP contribution in [0, 0.1) is 5.92 Å². The molecule has 1 aromatic heterocycles. The summed E-state index contributed by atoms with van der Waals surface area (Å²) >= 11 is 0. The van der Waals surface area contributed by atoms with Crippen molar-refractivity contribution in [3.63, 3.8) is 0 Å². The summed E-state index contributed by atoms with van der Waals surface area (Å²) in [5.74, 6) is 0.747. The molecule has 2 fully saturated rings. The van der Waals surface area contributed by atoms with E-state index >= 15 is 0 Å². The lowest BCUT2D eigenvalue weighted by atomic mass is 10.1. The monoisotopic (exact) mass is 339 g/mol. The van der Waals surface area contributed by atoms with Crippen molar-refractivity contribution in [2.75, 3.05) is 13.1 Å². The number of nitrogens with one attached hydrogen (secondary N) is 1. The van der Waals surface area contributed by atoms with Crippen molar-refractivity contribution in [1.82, 2.24) is 25.2 Å². The first-order valence-corrected chi connectivity index (χ1v) is 9.23.